The molecule has 0 amide bonds. The second-order valence-corrected chi connectivity index (χ2v) is 12.8. The van der Waals surface area contributed by atoms with Gasteiger partial charge in [0, 0.05) is 27.7 Å². The van der Waals surface area contributed by atoms with Crippen LogP contribution in [0.5, 0.6) is 0 Å². The normalized spacial score (nSPS) is 14.7. The lowest BCUT2D eigenvalue weighted by Gasteiger charge is -2.23. The summed E-state index contributed by atoms with van der Waals surface area (Å²) in [5, 5.41) is 13.7. The van der Waals surface area contributed by atoms with E-state index in [4.69, 9.17) is 4.99 Å². The van der Waals surface area contributed by atoms with Gasteiger partial charge in [-0.15, -0.1) is 0 Å². The third-order valence-electron chi connectivity index (χ3n) is 9.97. The Morgan fingerprint density at radius 1 is 0.469 bits per heavy atom. The number of nitrogens with one attached hydrogen (secondary N) is 1. The maximum atomic E-state index is 5.21. The summed E-state index contributed by atoms with van der Waals surface area (Å²) in [6.07, 6.45) is 2.24. The van der Waals surface area contributed by atoms with Crippen LogP contribution >= 0.6 is 0 Å². The van der Waals surface area contributed by atoms with Gasteiger partial charge >= 0.3 is 0 Å². The monoisotopic (exact) mass is 625 g/mol. The molecule has 1 atom stereocenters. The molecule has 1 N–H and O–H groups in total. The Bertz CT molecular complexity index is 2640. The molecule has 1 aliphatic heterocycles. The summed E-state index contributed by atoms with van der Waals surface area (Å²) in [5.74, 6) is 0.883. The van der Waals surface area contributed by atoms with Gasteiger partial charge in [0.15, 0.2) is 0 Å². The second kappa shape index (κ2) is 11.1. The lowest BCUT2D eigenvalue weighted by Crippen LogP contribution is -2.27. The zero-order chi connectivity index (χ0) is 32.3. The highest BCUT2D eigenvalue weighted by molar-refractivity contribution is 6.28. The molecule has 230 valence electrons. The summed E-state index contributed by atoms with van der Waals surface area (Å²) in [4.78, 5) is 5.21. The van der Waals surface area contributed by atoms with E-state index in [0.29, 0.717) is 0 Å². The van der Waals surface area contributed by atoms with Crippen molar-refractivity contribution in [2.45, 2.75) is 6.04 Å². The van der Waals surface area contributed by atoms with E-state index in [9.17, 15) is 0 Å². The molecule has 1 unspecified atom stereocenters. The quantitative estimate of drug-likeness (QED) is 0.207. The molecule has 0 saturated heterocycles. The number of aromatic nitrogens is 1. The van der Waals surface area contributed by atoms with Gasteiger partial charge in [-0.3, -0.25) is 4.99 Å². The van der Waals surface area contributed by atoms with E-state index in [0.717, 1.165) is 28.3 Å². The highest BCUT2D eigenvalue weighted by atomic mass is 15.0. The van der Waals surface area contributed by atoms with Crippen LogP contribution in [-0.4, -0.2) is 10.4 Å². The van der Waals surface area contributed by atoms with Crippen molar-refractivity contribution < 1.29 is 0 Å². The Morgan fingerprint density at radius 3 is 1.69 bits per heavy atom. The van der Waals surface area contributed by atoms with E-state index in [1.807, 2.05) is 6.07 Å². The Morgan fingerprint density at radius 2 is 1.02 bits per heavy atom. The van der Waals surface area contributed by atoms with Gasteiger partial charge in [-0.1, -0.05) is 140 Å². The molecule has 10 rings (SSSR count). The van der Waals surface area contributed by atoms with Gasteiger partial charge < -0.3 is 9.88 Å². The van der Waals surface area contributed by atoms with Crippen LogP contribution < -0.4 is 5.32 Å². The number of benzene rings is 8. The smallest absolute Gasteiger partial charge is 0.133 e. The van der Waals surface area contributed by atoms with E-state index in [-0.39, 0.29) is 6.04 Å². The minimum Gasteiger partial charge on any atom is -0.340 e. The molecule has 8 aromatic carbocycles. The van der Waals surface area contributed by atoms with Crippen molar-refractivity contribution in [1.82, 2.24) is 9.88 Å². The zero-order valence-corrected chi connectivity index (χ0v) is 26.7. The average Bonchev–Trinajstić information content (AvgIpc) is 3.53. The first-order chi connectivity index (χ1) is 24.3. The maximum Gasteiger partial charge on any atom is 0.133 e. The van der Waals surface area contributed by atoms with E-state index in [1.165, 1.54) is 59.7 Å². The molecule has 1 aliphatic rings. The van der Waals surface area contributed by atoms with Crippen LogP contribution in [0, 0.1) is 0 Å². The number of hydrogen-bond acceptors (Lipinski definition) is 2. The molecule has 0 spiro atoms. The molecular formula is C46H31N3. The van der Waals surface area contributed by atoms with E-state index < -0.39 is 0 Å². The zero-order valence-electron chi connectivity index (χ0n) is 26.7. The Balaban J connectivity index is 1.13. The standard InChI is InChI=1S/C46H31N3/c1-3-13-32(14-4-1)40-29-41(48-46(47-40)33-15-5-2-6-16-33)36-20-19-35-28-37(24-21-34(35)27-36)49-42-25-22-30-11-7-9-17-38(30)44(42)45-39-18-10-8-12-31(39)23-26-43(45)49/h1-29,41H,(H,47,48). The van der Waals surface area contributed by atoms with Gasteiger partial charge in [-0.2, -0.15) is 0 Å². The number of rotatable bonds is 4. The highest BCUT2D eigenvalue weighted by Crippen LogP contribution is 2.41. The topological polar surface area (TPSA) is 29.3 Å². The minimum atomic E-state index is -0.116. The predicted molar refractivity (Wildman–Crippen MR) is 207 cm³/mol. The molecule has 3 heteroatoms. The maximum absolute atomic E-state index is 5.21. The molecule has 3 nitrogen and oxygen atoms in total. The van der Waals surface area contributed by atoms with Gasteiger partial charge in [-0.05, 0) is 79.9 Å². The fourth-order valence-electron chi connectivity index (χ4n) is 7.64. The molecule has 0 radical (unpaired) electrons. The summed E-state index contributed by atoms with van der Waals surface area (Å²) < 4.78 is 2.44. The van der Waals surface area contributed by atoms with Crippen molar-refractivity contribution in [3.05, 3.63) is 193 Å². The van der Waals surface area contributed by atoms with Crippen LogP contribution in [0.3, 0.4) is 0 Å². The predicted octanol–water partition coefficient (Wildman–Crippen LogP) is 11.4. The molecule has 0 saturated carbocycles. The fraction of sp³-hybridized carbons (Fsp3) is 0.0217. The minimum absolute atomic E-state index is 0.116. The van der Waals surface area contributed by atoms with Crippen molar-refractivity contribution in [2.24, 2.45) is 4.99 Å². The second-order valence-electron chi connectivity index (χ2n) is 12.8. The molecule has 49 heavy (non-hydrogen) atoms. The van der Waals surface area contributed by atoms with Gasteiger partial charge in [-0.25, -0.2) is 0 Å². The van der Waals surface area contributed by atoms with E-state index >= 15 is 0 Å². The number of nitrogens with zero attached hydrogens (tertiary/aromatic N) is 2. The van der Waals surface area contributed by atoms with Crippen LogP contribution in [0.25, 0.3) is 65.5 Å². The first-order valence-electron chi connectivity index (χ1n) is 16.8. The molecule has 1 aromatic heterocycles. The lowest BCUT2D eigenvalue weighted by molar-refractivity contribution is 0.882. The lowest BCUT2D eigenvalue weighted by atomic mass is 9.98. The summed E-state index contributed by atoms with van der Waals surface area (Å²) in [6.45, 7) is 0. The number of aliphatic imine (C=N–C) groups is 1. The van der Waals surface area contributed by atoms with Crippen molar-refractivity contribution in [1.29, 1.82) is 0 Å². The number of hydrogen-bond donors (Lipinski definition) is 1. The third kappa shape index (κ3) is 4.55. The Labute approximate surface area is 284 Å². The van der Waals surface area contributed by atoms with Crippen molar-refractivity contribution in [3.63, 3.8) is 0 Å². The molecular weight excluding hydrogens is 595 g/mol. The molecule has 0 fully saturated rings. The first kappa shape index (κ1) is 27.6. The highest BCUT2D eigenvalue weighted by Gasteiger charge is 2.21. The summed E-state index contributed by atoms with van der Waals surface area (Å²) in [5.41, 5.74) is 8.05. The summed E-state index contributed by atoms with van der Waals surface area (Å²) in [6, 6.07) is 61.0. The number of amidine groups is 1. The van der Waals surface area contributed by atoms with Crippen molar-refractivity contribution >= 4 is 65.7 Å². The third-order valence-corrected chi connectivity index (χ3v) is 9.97. The van der Waals surface area contributed by atoms with Crippen LogP contribution in [0.4, 0.5) is 0 Å². The average molecular weight is 626 g/mol. The first-order valence-corrected chi connectivity index (χ1v) is 16.8. The van der Waals surface area contributed by atoms with Crippen LogP contribution in [0.15, 0.2) is 181 Å². The largest absolute Gasteiger partial charge is 0.340 e. The van der Waals surface area contributed by atoms with Gasteiger partial charge in [0.25, 0.3) is 0 Å². The van der Waals surface area contributed by atoms with Crippen molar-refractivity contribution in [2.75, 3.05) is 0 Å². The molecule has 0 aliphatic carbocycles. The summed E-state index contributed by atoms with van der Waals surface area (Å²) in [7, 11) is 0. The van der Waals surface area contributed by atoms with Crippen LogP contribution in [0.1, 0.15) is 22.7 Å². The molecule has 0 bridgehead atoms. The summed E-state index contributed by atoms with van der Waals surface area (Å²) >= 11 is 0. The van der Waals surface area contributed by atoms with Crippen LogP contribution in [-0.2, 0) is 0 Å². The van der Waals surface area contributed by atoms with Gasteiger partial charge in [0.1, 0.15) is 5.84 Å². The van der Waals surface area contributed by atoms with Crippen LogP contribution in [0.2, 0.25) is 0 Å². The van der Waals surface area contributed by atoms with E-state index in [1.54, 1.807) is 0 Å². The molecule has 9 aromatic rings. The Kier molecular flexibility index (Phi) is 6.25. The van der Waals surface area contributed by atoms with Gasteiger partial charge in [0.2, 0.25) is 0 Å². The Hall–Kier alpha value is -6.45. The van der Waals surface area contributed by atoms with Gasteiger partial charge in [0.05, 0.1) is 17.1 Å². The van der Waals surface area contributed by atoms with E-state index in [2.05, 4.69) is 180 Å². The number of fused-ring (bicyclic) bond motifs is 8. The van der Waals surface area contributed by atoms with Crippen molar-refractivity contribution in [3.8, 4) is 5.69 Å². The SMILES string of the molecule is C1=C(c2ccccc2)NC(c2ccccc2)=NC1c1ccc2cc(-n3c4ccc5ccccc5c4c4c5ccccc5ccc43)ccc2c1. The molecule has 2 heterocycles. The fourth-order valence-corrected chi connectivity index (χ4v) is 7.64.